The summed E-state index contributed by atoms with van der Waals surface area (Å²) >= 11 is 0. The average molecular weight is 356 g/mol. The van der Waals surface area contributed by atoms with Crippen LogP contribution in [0.1, 0.15) is 17.2 Å². The van der Waals surface area contributed by atoms with Crippen molar-refractivity contribution in [3.63, 3.8) is 0 Å². The van der Waals surface area contributed by atoms with Crippen molar-refractivity contribution in [1.82, 2.24) is 10.2 Å². The molecule has 138 valence electrons. The fraction of sp³-hybridized carbons (Fsp3) is 0.400. The molecule has 0 spiro atoms. The van der Waals surface area contributed by atoms with Gasteiger partial charge in [-0.3, -0.25) is 4.90 Å². The van der Waals surface area contributed by atoms with Crippen LogP contribution in [0.5, 0.6) is 23.0 Å². The molecule has 2 aromatic rings. The quantitative estimate of drug-likeness (QED) is 0.888. The molecule has 4 rings (SSSR count). The van der Waals surface area contributed by atoms with E-state index in [1.165, 1.54) is 0 Å². The number of hydrogen-bond acceptors (Lipinski definition) is 6. The molecule has 2 aromatic carbocycles. The van der Waals surface area contributed by atoms with Crippen LogP contribution in [0.25, 0.3) is 0 Å². The van der Waals surface area contributed by atoms with Crippen molar-refractivity contribution in [2.24, 2.45) is 0 Å². The van der Waals surface area contributed by atoms with Gasteiger partial charge in [-0.25, -0.2) is 0 Å². The van der Waals surface area contributed by atoms with Gasteiger partial charge in [0.15, 0.2) is 11.5 Å². The lowest BCUT2D eigenvalue weighted by Crippen LogP contribution is -2.45. The number of hydrogen-bond donors (Lipinski definition) is 1. The predicted molar refractivity (Wildman–Crippen MR) is 98.4 cm³/mol. The van der Waals surface area contributed by atoms with Crippen molar-refractivity contribution < 1.29 is 18.9 Å². The van der Waals surface area contributed by atoms with Crippen LogP contribution in [0, 0.1) is 0 Å². The minimum atomic E-state index is 0.0525. The Kier molecular flexibility index (Phi) is 4.86. The molecule has 0 aromatic heterocycles. The van der Waals surface area contributed by atoms with Gasteiger partial charge >= 0.3 is 0 Å². The van der Waals surface area contributed by atoms with E-state index in [9.17, 15) is 0 Å². The van der Waals surface area contributed by atoms with E-state index in [0.717, 1.165) is 60.3 Å². The van der Waals surface area contributed by atoms with Crippen LogP contribution in [0.2, 0.25) is 0 Å². The second-order valence-corrected chi connectivity index (χ2v) is 6.41. The lowest BCUT2D eigenvalue weighted by atomic mass is 9.95. The highest BCUT2D eigenvalue weighted by Gasteiger charge is 2.28. The fourth-order valence-corrected chi connectivity index (χ4v) is 3.66. The summed E-state index contributed by atoms with van der Waals surface area (Å²) in [5, 5.41) is 3.42. The zero-order valence-corrected chi connectivity index (χ0v) is 15.2. The Labute approximate surface area is 153 Å². The molecule has 0 amide bonds. The highest BCUT2D eigenvalue weighted by molar-refractivity contribution is 5.51. The number of methoxy groups -OCH3 is 2. The summed E-state index contributed by atoms with van der Waals surface area (Å²) in [6.07, 6.45) is 0. The minimum Gasteiger partial charge on any atom is -0.497 e. The zero-order chi connectivity index (χ0) is 17.9. The molecule has 1 unspecified atom stereocenters. The van der Waals surface area contributed by atoms with E-state index < -0.39 is 0 Å². The van der Waals surface area contributed by atoms with Crippen LogP contribution in [0.15, 0.2) is 36.4 Å². The molecule has 1 fully saturated rings. The fourth-order valence-electron chi connectivity index (χ4n) is 3.66. The van der Waals surface area contributed by atoms with Crippen LogP contribution in [-0.4, -0.2) is 52.1 Å². The van der Waals surface area contributed by atoms with Gasteiger partial charge in [-0.2, -0.15) is 0 Å². The first kappa shape index (κ1) is 17.0. The second-order valence-electron chi connectivity index (χ2n) is 6.41. The van der Waals surface area contributed by atoms with Crippen LogP contribution in [0.4, 0.5) is 0 Å². The normalized spacial score (nSPS) is 17.8. The van der Waals surface area contributed by atoms with Gasteiger partial charge in [0.05, 0.1) is 20.3 Å². The molecule has 1 N–H and O–H groups in total. The molecule has 0 bridgehead atoms. The number of nitrogens with one attached hydrogen (secondary N) is 1. The Morgan fingerprint density at radius 3 is 2.54 bits per heavy atom. The molecule has 0 saturated carbocycles. The molecule has 0 radical (unpaired) electrons. The van der Waals surface area contributed by atoms with Gasteiger partial charge in [-0.1, -0.05) is 6.07 Å². The van der Waals surface area contributed by atoms with Gasteiger partial charge in [0.2, 0.25) is 6.79 Å². The van der Waals surface area contributed by atoms with Gasteiger partial charge in [-0.15, -0.1) is 0 Å². The number of rotatable bonds is 5. The first-order valence-corrected chi connectivity index (χ1v) is 8.86. The van der Waals surface area contributed by atoms with Gasteiger partial charge in [0, 0.05) is 31.7 Å². The Morgan fingerprint density at radius 1 is 0.962 bits per heavy atom. The van der Waals surface area contributed by atoms with E-state index in [1.807, 2.05) is 18.2 Å². The topological polar surface area (TPSA) is 52.2 Å². The van der Waals surface area contributed by atoms with Crippen molar-refractivity contribution >= 4 is 0 Å². The zero-order valence-electron chi connectivity index (χ0n) is 15.2. The van der Waals surface area contributed by atoms with Gasteiger partial charge in [0.1, 0.15) is 11.5 Å². The maximum absolute atomic E-state index is 5.68. The number of fused-ring (bicyclic) bond motifs is 1. The molecule has 6 nitrogen and oxygen atoms in total. The standard InChI is InChI=1S/C20H24N2O4/c1-23-15-4-6-17(24-2)16(12-15)20(22-9-7-21-8-10-22)14-3-5-18-19(11-14)26-13-25-18/h3-6,11-12,20-21H,7-10,13H2,1-2H3. The molecule has 6 heteroatoms. The van der Waals surface area contributed by atoms with E-state index >= 15 is 0 Å². The van der Waals surface area contributed by atoms with E-state index in [4.69, 9.17) is 18.9 Å². The van der Waals surface area contributed by atoms with Gasteiger partial charge < -0.3 is 24.3 Å². The van der Waals surface area contributed by atoms with E-state index in [2.05, 4.69) is 28.4 Å². The van der Waals surface area contributed by atoms with Crippen molar-refractivity contribution in [2.45, 2.75) is 6.04 Å². The number of nitrogens with zero attached hydrogens (tertiary/aromatic N) is 1. The second kappa shape index (κ2) is 7.43. The van der Waals surface area contributed by atoms with Crippen LogP contribution in [0.3, 0.4) is 0 Å². The smallest absolute Gasteiger partial charge is 0.231 e. The van der Waals surface area contributed by atoms with Crippen LogP contribution >= 0.6 is 0 Å². The monoisotopic (exact) mass is 356 g/mol. The van der Waals surface area contributed by atoms with Crippen molar-refractivity contribution in [3.05, 3.63) is 47.5 Å². The number of piperazine rings is 1. The first-order chi connectivity index (χ1) is 12.8. The Bertz CT molecular complexity index is 774. The largest absolute Gasteiger partial charge is 0.497 e. The molecule has 26 heavy (non-hydrogen) atoms. The lowest BCUT2D eigenvalue weighted by Gasteiger charge is -2.36. The number of ether oxygens (including phenoxy) is 4. The Hall–Kier alpha value is -2.44. The molecule has 1 saturated heterocycles. The number of benzene rings is 2. The van der Waals surface area contributed by atoms with Gasteiger partial charge in [-0.05, 0) is 35.9 Å². The summed E-state index contributed by atoms with van der Waals surface area (Å²) in [5.74, 6) is 3.27. The first-order valence-electron chi connectivity index (χ1n) is 8.86. The van der Waals surface area contributed by atoms with Crippen molar-refractivity contribution in [3.8, 4) is 23.0 Å². The molecule has 1 atom stereocenters. The molecule has 0 aliphatic carbocycles. The van der Waals surface area contributed by atoms with Crippen molar-refractivity contribution in [1.29, 1.82) is 0 Å². The lowest BCUT2D eigenvalue weighted by molar-refractivity contribution is 0.173. The molecule has 2 heterocycles. The van der Waals surface area contributed by atoms with E-state index in [0.29, 0.717) is 0 Å². The summed E-state index contributed by atoms with van der Waals surface area (Å²) in [6.45, 7) is 4.12. The third-order valence-electron chi connectivity index (χ3n) is 4.96. The Balaban J connectivity index is 1.81. The maximum atomic E-state index is 5.68. The molecular formula is C20H24N2O4. The van der Waals surface area contributed by atoms with Gasteiger partial charge in [0.25, 0.3) is 0 Å². The summed E-state index contributed by atoms with van der Waals surface area (Å²) < 4.78 is 22.2. The highest BCUT2D eigenvalue weighted by atomic mass is 16.7. The molecular weight excluding hydrogens is 332 g/mol. The SMILES string of the molecule is COc1ccc(OC)c(C(c2ccc3c(c2)OCO3)N2CCNCC2)c1. The molecule has 2 aliphatic heterocycles. The van der Waals surface area contributed by atoms with Crippen molar-refractivity contribution in [2.75, 3.05) is 47.2 Å². The van der Waals surface area contributed by atoms with Crippen LogP contribution < -0.4 is 24.3 Å². The summed E-state index contributed by atoms with van der Waals surface area (Å²) in [5.41, 5.74) is 2.25. The third kappa shape index (κ3) is 3.18. The summed E-state index contributed by atoms with van der Waals surface area (Å²) in [4.78, 5) is 2.46. The third-order valence-corrected chi connectivity index (χ3v) is 4.96. The highest BCUT2D eigenvalue weighted by Crippen LogP contribution is 2.41. The Morgan fingerprint density at radius 2 is 1.77 bits per heavy atom. The van der Waals surface area contributed by atoms with E-state index in [-0.39, 0.29) is 12.8 Å². The van der Waals surface area contributed by atoms with E-state index in [1.54, 1.807) is 14.2 Å². The summed E-state index contributed by atoms with van der Waals surface area (Å²) in [7, 11) is 3.39. The molecule has 2 aliphatic rings. The average Bonchev–Trinajstić information content (AvgIpc) is 3.17. The summed E-state index contributed by atoms with van der Waals surface area (Å²) in [6, 6.07) is 12.2. The predicted octanol–water partition coefficient (Wildman–Crippen LogP) is 2.43. The maximum Gasteiger partial charge on any atom is 0.231 e. The van der Waals surface area contributed by atoms with Crippen LogP contribution in [-0.2, 0) is 0 Å². The minimum absolute atomic E-state index is 0.0525.